The molecule has 0 aromatic rings. The first-order chi connectivity index (χ1) is 11.2. The van der Waals surface area contributed by atoms with Crippen molar-refractivity contribution in [1.29, 1.82) is 0 Å². The molecule has 0 aromatic carbocycles. The van der Waals surface area contributed by atoms with Crippen molar-refractivity contribution < 1.29 is 9.59 Å². The minimum Gasteiger partial charge on any atom is -0.338 e. The summed E-state index contributed by atoms with van der Waals surface area (Å²) in [5, 5.41) is 17.7. The van der Waals surface area contributed by atoms with Crippen LogP contribution in [0.15, 0.2) is 0 Å². The highest BCUT2D eigenvalue weighted by Crippen LogP contribution is 1.79. The van der Waals surface area contributed by atoms with Gasteiger partial charge in [0, 0.05) is 26.2 Å². The number of rotatable bonds is 14. The zero-order chi connectivity index (χ0) is 17.2. The number of hydrogen-bond donors (Lipinski definition) is 6. The third-order valence-electron chi connectivity index (χ3n) is 3.01. The van der Waals surface area contributed by atoms with Crippen LogP contribution < -0.4 is 31.9 Å². The molecule has 8 nitrogen and oxygen atoms in total. The Balaban J connectivity index is 0. The molecule has 0 spiro atoms. The molecule has 0 bridgehead atoms. The number of carbonyl (C=O) groups excluding carboxylic acids is 2. The number of nitrogens with one attached hydrogen (secondary N) is 6. The number of amides is 4. The molecule has 4 amide bonds. The minimum atomic E-state index is -0.0987. The maximum Gasteiger partial charge on any atom is 0.314 e. The topological polar surface area (TPSA) is 106 Å². The summed E-state index contributed by atoms with van der Waals surface area (Å²) in [5.41, 5.74) is 0. The molecule has 0 aromatic heterocycles. The first-order valence-electron chi connectivity index (χ1n) is 8.65. The summed E-state index contributed by atoms with van der Waals surface area (Å²) >= 11 is 0. The van der Waals surface area contributed by atoms with E-state index in [1.165, 1.54) is 0 Å². The van der Waals surface area contributed by atoms with Gasteiger partial charge in [-0.2, -0.15) is 0 Å². The van der Waals surface area contributed by atoms with E-state index in [2.05, 4.69) is 31.9 Å². The maximum absolute atomic E-state index is 11.1. The molecule has 0 saturated carbocycles. The van der Waals surface area contributed by atoms with Gasteiger partial charge in [-0.15, -0.1) is 0 Å². The van der Waals surface area contributed by atoms with Crippen molar-refractivity contribution in [3.05, 3.63) is 0 Å². The molecule has 0 aliphatic heterocycles. The molecule has 0 aliphatic carbocycles. The molecule has 0 fully saturated rings. The molecule has 0 unspecified atom stereocenters. The second-order valence-corrected chi connectivity index (χ2v) is 5.13. The summed E-state index contributed by atoms with van der Waals surface area (Å²) in [4.78, 5) is 22.2. The average Bonchev–Trinajstić information content (AvgIpc) is 2.52. The molecule has 0 saturated heterocycles. The second-order valence-electron chi connectivity index (χ2n) is 5.13. The van der Waals surface area contributed by atoms with Crippen LogP contribution >= 0.6 is 0 Å². The van der Waals surface area contributed by atoms with Gasteiger partial charge >= 0.3 is 12.1 Å². The zero-order valence-electron chi connectivity index (χ0n) is 14.6. The molecule has 0 atom stereocenters. The monoisotopic (exact) mass is 346 g/mol. The van der Waals surface area contributed by atoms with Crippen LogP contribution in [0.1, 0.15) is 40.5 Å². The van der Waals surface area contributed by atoms with Crippen LogP contribution in [0.5, 0.6) is 0 Å². The average molecular weight is 347 g/mol. The molecular formula is C16H38N6O2. The normalized spacial score (nSPS) is 9.75. The summed E-state index contributed by atoms with van der Waals surface area (Å²) in [6.07, 6.45) is 2.92. The molecular weight excluding hydrogens is 308 g/mol. The molecule has 0 rings (SSSR count). The fraction of sp³-hybridized carbons (Fsp3) is 0.875. The van der Waals surface area contributed by atoms with E-state index >= 15 is 0 Å². The molecule has 0 heterocycles. The van der Waals surface area contributed by atoms with E-state index in [1.807, 2.05) is 13.8 Å². The first kappa shape index (κ1) is 24.7. The Morgan fingerprint density at radius 1 is 0.583 bits per heavy atom. The molecule has 0 radical (unpaired) electrons. The first-order valence-corrected chi connectivity index (χ1v) is 8.65. The van der Waals surface area contributed by atoms with Crippen molar-refractivity contribution in [3.63, 3.8) is 0 Å². The van der Waals surface area contributed by atoms with Crippen molar-refractivity contribution in [3.8, 4) is 0 Å². The lowest BCUT2D eigenvalue weighted by molar-refractivity contribution is 0.240. The highest BCUT2D eigenvalue weighted by Gasteiger charge is 1.97. The molecule has 144 valence electrons. The van der Waals surface area contributed by atoms with Gasteiger partial charge < -0.3 is 31.9 Å². The molecule has 6 N–H and O–H groups in total. The Labute approximate surface area is 147 Å². The smallest absolute Gasteiger partial charge is 0.314 e. The second kappa shape index (κ2) is 19.5. The molecule has 24 heavy (non-hydrogen) atoms. The minimum absolute atomic E-state index is 0. The van der Waals surface area contributed by atoms with Gasteiger partial charge in [0.05, 0.1) is 0 Å². The van der Waals surface area contributed by atoms with E-state index in [1.54, 1.807) is 0 Å². The highest BCUT2D eigenvalue weighted by molar-refractivity contribution is 5.73. The predicted octanol–water partition coefficient (Wildman–Crippen LogP) is 0.610. The summed E-state index contributed by atoms with van der Waals surface area (Å²) in [6.45, 7) is 10.2. The Hall–Kier alpha value is -1.54. The Morgan fingerprint density at radius 2 is 0.917 bits per heavy atom. The third kappa shape index (κ3) is 18.5. The van der Waals surface area contributed by atoms with Crippen LogP contribution in [-0.2, 0) is 0 Å². The molecule has 8 heteroatoms. The van der Waals surface area contributed by atoms with Gasteiger partial charge in [0.1, 0.15) is 0 Å². The van der Waals surface area contributed by atoms with E-state index in [0.717, 1.165) is 45.4 Å². The van der Waals surface area contributed by atoms with Gasteiger partial charge in [0.25, 0.3) is 0 Å². The van der Waals surface area contributed by atoms with E-state index in [4.69, 9.17) is 0 Å². The summed E-state index contributed by atoms with van der Waals surface area (Å²) in [5.74, 6) is 0. The van der Waals surface area contributed by atoms with E-state index < -0.39 is 0 Å². The lowest BCUT2D eigenvalue weighted by Gasteiger charge is -2.08. The molecule has 0 aliphatic rings. The number of carbonyl (C=O) groups is 2. The van der Waals surface area contributed by atoms with Crippen molar-refractivity contribution in [1.82, 2.24) is 31.9 Å². The summed E-state index contributed by atoms with van der Waals surface area (Å²) in [7, 11) is 0. The predicted molar refractivity (Wildman–Crippen MR) is 100 cm³/mol. The van der Waals surface area contributed by atoms with Gasteiger partial charge in [-0.25, -0.2) is 9.59 Å². The van der Waals surface area contributed by atoms with Crippen molar-refractivity contribution in [2.45, 2.75) is 40.5 Å². The summed E-state index contributed by atoms with van der Waals surface area (Å²) < 4.78 is 0. The Kier molecular flexibility index (Phi) is 20.1. The number of urea groups is 2. The Bertz CT molecular complexity index is 274. The quantitative estimate of drug-likeness (QED) is 0.259. The third-order valence-corrected chi connectivity index (χ3v) is 3.01. The number of hydrogen-bond acceptors (Lipinski definition) is 4. The Morgan fingerprint density at radius 3 is 1.25 bits per heavy atom. The van der Waals surface area contributed by atoms with E-state index in [0.29, 0.717) is 26.2 Å². The van der Waals surface area contributed by atoms with Crippen LogP contribution in [0.2, 0.25) is 0 Å². The van der Waals surface area contributed by atoms with Gasteiger partial charge in [-0.1, -0.05) is 7.43 Å². The van der Waals surface area contributed by atoms with Crippen LogP contribution in [0, 0.1) is 0 Å². The van der Waals surface area contributed by atoms with Crippen molar-refractivity contribution in [2.24, 2.45) is 0 Å². The van der Waals surface area contributed by atoms with Crippen molar-refractivity contribution in [2.75, 3.05) is 52.4 Å². The van der Waals surface area contributed by atoms with E-state index in [9.17, 15) is 9.59 Å². The van der Waals surface area contributed by atoms with Crippen LogP contribution in [-0.4, -0.2) is 64.4 Å². The van der Waals surface area contributed by atoms with Gasteiger partial charge in [0.2, 0.25) is 0 Å². The van der Waals surface area contributed by atoms with Gasteiger partial charge in [-0.05, 0) is 59.3 Å². The standard InChI is InChI=1S/C15H34N6O2.CH4/c1-3-18-14(22)20-12-6-10-16-8-5-9-17-11-7-13-21-15(23)19-4-2;/h16-17H,3-13H2,1-2H3,(H2,18,20,22)(H2,19,21,23);1H4. The zero-order valence-corrected chi connectivity index (χ0v) is 14.6. The van der Waals surface area contributed by atoms with E-state index in [-0.39, 0.29) is 19.5 Å². The fourth-order valence-corrected chi connectivity index (χ4v) is 1.87. The lowest BCUT2D eigenvalue weighted by Crippen LogP contribution is -2.37. The van der Waals surface area contributed by atoms with Crippen molar-refractivity contribution >= 4 is 12.1 Å². The SMILES string of the molecule is C.CCNC(=O)NCCCNCCCNCCCNC(=O)NCC. The van der Waals surface area contributed by atoms with Gasteiger partial charge in [-0.3, -0.25) is 0 Å². The maximum atomic E-state index is 11.1. The summed E-state index contributed by atoms with van der Waals surface area (Å²) in [6, 6.07) is -0.197. The largest absolute Gasteiger partial charge is 0.338 e. The highest BCUT2D eigenvalue weighted by atomic mass is 16.2. The van der Waals surface area contributed by atoms with Crippen LogP contribution in [0.4, 0.5) is 9.59 Å². The lowest BCUT2D eigenvalue weighted by atomic mass is 10.3. The fourth-order valence-electron chi connectivity index (χ4n) is 1.87. The van der Waals surface area contributed by atoms with Gasteiger partial charge in [0.15, 0.2) is 0 Å². The van der Waals surface area contributed by atoms with Crippen LogP contribution in [0.25, 0.3) is 0 Å². The van der Waals surface area contributed by atoms with Crippen LogP contribution in [0.3, 0.4) is 0 Å².